The average molecular weight is 478 g/mol. The maximum atomic E-state index is 12.7. The van der Waals surface area contributed by atoms with Crippen molar-refractivity contribution in [1.82, 2.24) is 5.06 Å². The predicted molar refractivity (Wildman–Crippen MR) is 138 cm³/mol. The van der Waals surface area contributed by atoms with Gasteiger partial charge in [0.05, 0.1) is 18.8 Å². The molecule has 5 nitrogen and oxygen atoms in total. The third kappa shape index (κ3) is 5.23. The first-order valence-electron chi connectivity index (χ1n) is 12.7. The van der Waals surface area contributed by atoms with Crippen LogP contribution in [0.4, 0.5) is 0 Å². The highest BCUT2D eigenvalue weighted by molar-refractivity contribution is 6.08. The summed E-state index contributed by atoms with van der Waals surface area (Å²) in [7, 11) is 0. The third-order valence-corrected chi connectivity index (χ3v) is 7.74. The topological polar surface area (TPSA) is 48.0 Å². The normalized spacial score (nSPS) is 21.6. The number of nitrogens with zero attached hydrogens (tertiary/aromatic N) is 1. The summed E-state index contributed by atoms with van der Waals surface area (Å²) in [6, 6.07) is 17.0. The van der Waals surface area contributed by atoms with Crippen LogP contribution in [0, 0.1) is 5.41 Å². The first-order valence-corrected chi connectivity index (χ1v) is 12.7. The molecule has 0 saturated carbocycles. The van der Waals surface area contributed by atoms with Crippen molar-refractivity contribution in [2.24, 2.45) is 5.41 Å². The van der Waals surface area contributed by atoms with Gasteiger partial charge in [-0.2, -0.15) is 0 Å². The van der Waals surface area contributed by atoms with Crippen LogP contribution in [0.15, 0.2) is 66.9 Å². The Hall–Kier alpha value is -2.47. The smallest absolute Gasteiger partial charge is 0.193 e. The molecular formula is C30H39NO4. The van der Waals surface area contributed by atoms with Gasteiger partial charge in [0, 0.05) is 35.1 Å². The molecule has 2 saturated heterocycles. The molecule has 1 atom stereocenters. The van der Waals surface area contributed by atoms with Crippen molar-refractivity contribution < 1.29 is 19.1 Å². The summed E-state index contributed by atoms with van der Waals surface area (Å²) in [6.45, 7) is 16.5. The molecule has 0 amide bonds. The summed E-state index contributed by atoms with van der Waals surface area (Å²) in [5, 5.41) is 1.93. The van der Waals surface area contributed by atoms with Gasteiger partial charge in [0.15, 0.2) is 11.6 Å². The molecule has 2 aromatic carbocycles. The Morgan fingerprint density at radius 3 is 2.11 bits per heavy atom. The van der Waals surface area contributed by atoms with Crippen LogP contribution in [-0.4, -0.2) is 35.4 Å². The zero-order valence-electron chi connectivity index (χ0n) is 21.8. The van der Waals surface area contributed by atoms with Crippen LogP contribution >= 0.6 is 0 Å². The van der Waals surface area contributed by atoms with Gasteiger partial charge in [0.25, 0.3) is 0 Å². The Morgan fingerprint density at radius 2 is 1.57 bits per heavy atom. The Morgan fingerprint density at radius 1 is 1.00 bits per heavy atom. The minimum atomic E-state index is -0.642. The van der Waals surface area contributed by atoms with Gasteiger partial charge in [-0.25, -0.2) is 0 Å². The predicted octanol–water partition coefficient (Wildman–Crippen LogP) is 6.85. The molecule has 0 aliphatic carbocycles. The second-order valence-electron chi connectivity index (χ2n) is 10.8. The van der Waals surface area contributed by atoms with Crippen LogP contribution in [0.5, 0.6) is 0 Å². The molecule has 2 heterocycles. The number of piperidine rings is 1. The number of carbonyl (C=O) groups is 1. The van der Waals surface area contributed by atoms with E-state index in [9.17, 15) is 4.79 Å². The quantitative estimate of drug-likeness (QED) is 0.408. The Bertz CT molecular complexity index is 1030. The van der Waals surface area contributed by atoms with E-state index in [2.05, 4.69) is 34.3 Å². The molecule has 0 radical (unpaired) electrons. The largest absolute Gasteiger partial charge is 0.349 e. The fourth-order valence-electron chi connectivity index (χ4n) is 5.22. The van der Waals surface area contributed by atoms with Crippen molar-refractivity contribution in [3.63, 3.8) is 0 Å². The number of hydrogen-bond donors (Lipinski definition) is 0. The molecule has 2 aliphatic heterocycles. The molecular weight excluding hydrogens is 438 g/mol. The van der Waals surface area contributed by atoms with E-state index in [1.54, 1.807) is 0 Å². The third-order valence-electron chi connectivity index (χ3n) is 7.74. The molecule has 188 valence electrons. The Kier molecular flexibility index (Phi) is 7.23. The molecule has 0 aromatic heterocycles. The summed E-state index contributed by atoms with van der Waals surface area (Å²) < 4.78 is 12.8. The standard InChI is InChI=1S/C30H39NO4/c1-7-29(8-2)20-33-30(34-21-29)18-22(3)31(28(5,6)19-30)35-23(4)24-14-16-26(17-15-24)27(32)25-12-10-9-11-13-25/h9-17,23H,3,7-8,18-21H2,1-2,4-6H3. The van der Waals surface area contributed by atoms with Crippen molar-refractivity contribution in [2.75, 3.05) is 13.2 Å². The number of hydroxylamine groups is 2. The maximum Gasteiger partial charge on any atom is 0.193 e. The number of ketones is 1. The lowest BCUT2D eigenvalue weighted by atomic mass is 9.80. The van der Waals surface area contributed by atoms with Crippen LogP contribution in [0.2, 0.25) is 0 Å². The van der Waals surface area contributed by atoms with Crippen molar-refractivity contribution >= 4 is 5.78 Å². The van der Waals surface area contributed by atoms with Crippen molar-refractivity contribution in [1.29, 1.82) is 0 Å². The van der Waals surface area contributed by atoms with E-state index in [0.29, 0.717) is 37.2 Å². The van der Waals surface area contributed by atoms with Gasteiger partial charge in [-0.1, -0.05) is 75.0 Å². The molecule has 0 bridgehead atoms. The molecule has 2 aliphatic rings. The summed E-state index contributed by atoms with van der Waals surface area (Å²) in [6.07, 6.45) is 3.16. The summed E-state index contributed by atoms with van der Waals surface area (Å²) in [5.74, 6) is -0.624. The van der Waals surface area contributed by atoms with Crippen LogP contribution in [0.1, 0.15) is 87.9 Å². The first-order chi connectivity index (χ1) is 16.6. The summed E-state index contributed by atoms with van der Waals surface area (Å²) in [4.78, 5) is 19.2. The van der Waals surface area contributed by atoms with Crippen LogP contribution in [-0.2, 0) is 14.3 Å². The second kappa shape index (κ2) is 9.88. The molecule has 2 fully saturated rings. The van der Waals surface area contributed by atoms with Gasteiger partial charge in [0.2, 0.25) is 0 Å². The van der Waals surface area contributed by atoms with Crippen molar-refractivity contribution in [2.45, 2.75) is 77.7 Å². The number of hydrogen-bond acceptors (Lipinski definition) is 5. The van der Waals surface area contributed by atoms with E-state index in [-0.39, 0.29) is 22.8 Å². The molecule has 1 unspecified atom stereocenters. The van der Waals surface area contributed by atoms with E-state index in [1.165, 1.54) is 0 Å². The van der Waals surface area contributed by atoms with Gasteiger partial charge < -0.3 is 9.47 Å². The van der Waals surface area contributed by atoms with Gasteiger partial charge in [-0.05, 0) is 39.2 Å². The van der Waals surface area contributed by atoms with Crippen LogP contribution in [0.25, 0.3) is 0 Å². The van der Waals surface area contributed by atoms with E-state index < -0.39 is 5.79 Å². The van der Waals surface area contributed by atoms with Gasteiger partial charge in [-0.3, -0.25) is 14.7 Å². The lowest BCUT2D eigenvalue weighted by molar-refractivity contribution is -0.348. The SMILES string of the molecule is C=C1CC2(CC(C)(C)N1OC(C)c1ccc(C(=O)c3ccccc3)cc1)OCC(CC)(CC)CO2. The van der Waals surface area contributed by atoms with E-state index in [1.807, 2.05) is 66.6 Å². The fourth-order valence-corrected chi connectivity index (χ4v) is 5.22. The van der Waals surface area contributed by atoms with Crippen LogP contribution < -0.4 is 0 Å². The number of carbonyl (C=O) groups excluding carboxylic acids is 1. The zero-order valence-corrected chi connectivity index (χ0v) is 21.8. The fraction of sp³-hybridized carbons (Fsp3) is 0.500. The van der Waals surface area contributed by atoms with Gasteiger partial charge in [0.1, 0.15) is 6.10 Å². The van der Waals surface area contributed by atoms with Crippen molar-refractivity contribution in [3.8, 4) is 0 Å². The van der Waals surface area contributed by atoms with Gasteiger partial charge >= 0.3 is 0 Å². The molecule has 2 aromatic rings. The highest BCUT2D eigenvalue weighted by atomic mass is 16.7. The average Bonchev–Trinajstić information content (AvgIpc) is 2.87. The number of benzene rings is 2. The highest BCUT2D eigenvalue weighted by Gasteiger charge is 2.52. The Labute approximate surface area is 210 Å². The monoisotopic (exact) mass is 477 g/mol. The van der Waals surface area contributed by atoms with Crippen molar-refractivity contribution in [3.05, 3.63) is 83.6 Å². The van der Waals surface area contributed by atoms with Gasteiger partial charge in [-0.15, -0.1) is 0 Å². The lowest BCUT2D eigenvalue weighted by Gasteiger charge is -2.55. The van der Waals surface area contributed by atoms with E-state index in [4.69, 9.17) is 14.3 Å². The maximum absolute atomic E-state index is 12.7. The summed E-state index contributed by atoms with van der Waals surface area (Å²) in [5.41, 5.74) is 2.95. The molecule has 35 heavy (non-hydrogen) atoms. The molecule has 4 rings (SSSR count). The molecule has 1 spiro atoms. The first kappa shape index (κ1) is 25.6. The minimum absolute atomic E-state index is 0.0178. The number of rotatable bonds is 7. The van der Waals surface area contributed by atoms with E-state index >= 15 is 0 Å². The number of ether oxygens (including phenoxy) is 2. The van der Waals surface area contributed by atoms with Crippen LogP contribution in [0.3, 0.4) is 0 Å². The summed E-state index contributed by atoms with van der Waals surface area (Å²) >= 11 is 0. The van der Waals surface area contributed by atoms with E-state index in [0.717, 1.165) is 24.1 Å². The Balaban J connectivity index is 1.42. The minimum Gasteiger partial charge on any atom is -0.349 e. The molecule has 0 N–H and O–H groups in total. The molecule has 5 heteroatoms. The zero-order chi connectivity index (χ0) is 25.3. The highest BCUT2D eigenvalue weighted by Crippen LogP contribution is 2.47. The second-order valence-corrected chi connectivity index (χ2v) is 10.8. The lowest BCUT2D eigenvalue weighted by Crippen LogP contribution is -2.60.